The summed E-state index contributed by atoms with van der Waals surface area (Å²) in [6.45, 7) is 2.50. The molecule has 0 atom stereocenters. The largest absolute Gasteiger partial charge is 0.317 e. The molecule has 0 radical (unpaired) electrons. The first-order valence-electron chi connectivity index (χ1n) is 13.2. The predicted molar refractivity (Wildman–Crippen MR) is 124 cm³/mol. The first-order valence-corrected chi connectivity index (χ1v) is 13.2. The van der Waals surface area contributed by atoms with E-state index in [0.717, 1.165) is 0 Å². The number of hydrogen-bond donors (Lipinski definition) is 1. The minimum atomic E-state index is 1.25. The molecule has 0 saturated carbocycles. The predicted octanol–water partition coefficient (Wildman–Crippen LogP) is 8.95. The molecule has 0 unspecified atom stereocenters. The summed E-state index contributed by atoms with van der Waals surface area (Å²) in [5.41, 5.74) is 0. The second-order valence-corrected chi connectivity index (χ2v) is 9.24. The summed E-state index contributed by atoms with van der Waals surface area (Å²) >= 11 is 0. The smallest absolute Gasteiger partial charge is 0.00489 e. The fourth-order valence-electron chi connectivity index (χ4n) is 4.51. The molecule has 1 heteroatoms. The van der Waals surface area contributed by atoms with Gasteiger partial charge in [0.25, 0.3) is 0 Å². The van der Waals surface area contributed by atoms with Crippen molar-refractivity contribution in [2.24, 2.45) is 0 Å². The fraction of sp³-hybridized carbons (Fsp3) is 1.00. The van der Waals surface area contributed by atoms with Crippen LogP contribution >= 0.6 is 0 Å². The van der Waals surface area contributed by atoms with Crippen molar-refractivity contribution in [2.75, 3.05) is 13.1 Å². The van der Waals surface area contributed by atoms with E-state index >= 15 is 0 Å². The Balaban J connectivity index is 2.00. The molecule has 0 amide bonds. The lowest BCUT2D eigenvalue weighted by molar-refractivity contribution is 0.518. The van der Waals surface area contributed by atoms with Gasteiger partial charge in [-0.3, -0.25) is 0 Å². The fourth-order valence-corrected chi connectivity index (χ4v) is 4.51. The Hall–Kier alpha value is -0.0400. The second-order valence-electron chi connectivity index (χ2n) is 9.24. The van der Waals surface area contributed by atoms with Crippen LogP contribution < -0.4 is 5.32 Å². The third-order valence-corrected chi connectivity index (χ3v) is 6.46. The van der Waals surface area contributed by atoms with Crippen LogP contribution in [0.5, 0.6) is 0 Å². The molecule has 1 aliphatic heterocycles. The lowest BCUT2D eigenvalue weighted by Crippen LogP contribution is -2.16. The van der Waals surface area contributed by atoms with E-state index in [9.17, 15) is 0 Å². The molecule has 27 heavy (non-hydrogen) atoms. The molecule has 0 aliphatic carbocycles. The summed E-state index contributed by atoms with van der Waals surface area (Å²) in [7, 11) is 0. The van der Waals surface area contributed by atoms with Crippen LogP contribution in [0.4, 0.5) is 0 Å². The molecule has 0 bridgehead atoms. The van der Waals surface area contributed by atoms with Crippen LogP contribution in [0.15, 0.2) is 0 Å². The van der Waals surface area contributed by atoms with E-state index in [1.165, 1.54) is 167 Å². The number of hydrogen-bond acceptors (Lipinski definition) is 1. The summed E-state index contributed by atoms with van der Waals surface area (Å²) in [5.74, 6) is 0. The molecule has 1 aliphatic rings. The zero-order valence-electron chi connectivity index (χ0n) is 18.9. The van der Waals surface area contributed by atoms with Gasteiger partial charge in [0.05, 0.1) is 0 Å². The van der Waals surface area contributed by atoms with Crippen LogP contribution in [0.2, 0.25) is 0 Å². The molecular formula is C26H53N. The molecule has 1 saturated heterocycles. The quantitative estimate of drug-likeness (QED) is 0.443. The third-order valence-electron chi connectivity index (χ3n) is 6.46. The highest BCUT2D eigenvalue weighted by Crippen LogP contribution is 2.15. The topological polar surface area (TPSA) is 12.0 Å². The van der Waals surface area contributed by atoms with Crippen LogP contribution in [0.25, 0.3) is 0 Å². The molecule has 0 aromatic carbocycles. The van der Waals surface area contributed by atoms with Crippen LogP contribution in [-0.2, 0) is 0 Å². The van der Waals surface area contributed by atoms with Crippen LogP contribution in [-0.4, -0.2) is 13.1 Å². The van der Waals surface area contributed by atoms with Crippen molar-refractivity contribution in [1.29, 1.82) is 0 Å². The summed E-state index contributed by atoms with van der Waals surface area (Å²) in [4.78, 5) is 0. The van der Waals surface area contributed by atoms with Crippen molar-refractivity contribution in [2.45, 2.75) is 154 Å². The third kappa shape index (κ3) is 20.5. The minimum Gasteiger partial charge on any atom is -0.317 e. The van der Waals surface area contributed by atoms with Crippen LogP contribution in [0.1, 0.15) is 154 Å². The maximum absolute atomic E-state index is 3.65. The van der Waals surface area contributed by atoms with E-state index in [1.807, 2.05) is 0 Å². The Morgan fingerprint density at radius 3 is 0.519 bits per heavy atom. The number of nitrogens with one attached hydrogen (secondary N) is 1. The summed E-state index contributed by atoms with van der Waals surface area (Å²) < 4.78 is 0. The Labute approximate surface area is 172 Å². The molecule has 0 aromatic rings. The van der Waals surface area contributed by atoms with Gasteiger partial charge in [-0.15, -0.1) is 0 Å². The van der Waals surface area contributed by atoms with Gasteiger partial charge in [0, 0.05) is 0 Å². The summed E-state index contributed by atoms with van der Waals surface area (Å²) in [6, 6.07) is 0. The van der Waals surface area contributed by atoms with Crippen LogP contribution in [0.3, 0.4) is 0 Å². The van der Waals surface area contributed by atoms with Crippen molar-refractivity contribution in [3.63, 3.8) is 0 Å². The van der Waals surface area contributed by atoms with Gasteiger partial charge in [-0.25, -0.2) is 0 Å². The van der Waals surface area contributed by atoms with Gasteiger partial charge in [0.1, 0.15) is 0 Å². The molecular weight excluding hydrogens is 326 g/mol. The van der Waals surface area contributed by atoms with Crippen molar-refractivity contribution < 1.29 is 0 Å². The SMILES string of the molecule is C1CCCCCCCCCCCCCNCCCCCCCCCCCC1. The maximum atomic E-state index is 3.65. The second kappa shape index (κ2) is 22.3. The van der Waals surface area contributed by atoms with Gasteiger partial charge in [0.2, 0.25) is 0 Å². The standard InChI is InChI=1S/C26H53N/c1-2-4-6-8-10-12-14-16-18-20-22-24-26-27-25-23-21-19-17-15-13-11-9-7-5-3-1/h27H,1-26H2. The van der Waals surface area contributed by atoms with E-state index in [0.29, 0.717) is 0 Å². The highest BCUT2D eigenvalue weighted by Gasteiger charge is 1.97. The lowest BCUT2D eigenvalue weighted by atomic mass is 10.0. The van der Waals surface area contributed by atoms with Gasteiger partial charge in [-0.05, 0) is 25.9 Å². The summed E-state index contributed by atoms with van der Waals surface area (Å²) in [6.07, 6.45) is 35.3. The van der Waals surface area contributed by atoms with E-state index < -0.39 is 0 Å². The Morgan fingerprint density at radius 1 is 0.185 bits per heavy atom. The van der Waals surface area contributed by atoms with Crippen molar-refractivity contribution in [1.82, 2.24) is 5.32 Å². The Kier molecular flexibility index (Phi) is 20.6. The molecule has 1 N–H and O–H groups in total. The van der Waals surface area contributed by atoms with Gasteiger partial charge < -0.3 is 5.32 Å². The zero-order chi connectivity index (χ0) is 19.1. The molecule has 162 valence electrons. The highest BCUT2D eigenvalue weighted by atomic mass is 14.8. The normalized spacial score (nSPS) is 24.0. The van der Waals surface area contributed by atoms with E-state index in [1.54, 1.807) is 0 Å². The molecule has 0 aromatic heterocycles. The molecule has 1 fully saturated rings. The Morgan fingerprint density at radius 2 is 0.333 bits per heavy atom. The summed E-state index contributed by atoms with van der Waals surface area (Å²) in [5, 5.41) is 3.65. The molecule has 0 spiro atoms. The molecule has 1 rings (SSSR count). The van der Waals surface area contributed by atoms with Crippen molar-refractivity contribution >= 4 is 0 Å². The van der Waals surface area contributed by atoms with Gasteiger partial charge in [-0.1, -0.05) is 141 Å². The zero-order valence-corrected chi connectivity index (χ0v) is 18.9. The monoisotopic (exact) mass is 379 g/mol. The van der Waals surface area contributed by atoms with E-state index in [4.69, 9.17) is 0 Å². The average molecular weight is 380 g/mol. The van der Waals surface area contributed by atoms with Crippen molar-refractivity contribution in [3.05, 3.63) is 0 Å². The molecule has 1 nitrogen and oxygen atoms in total. The van der Waals surface area contributed by atoms with Gasteiger partial charge in [0.15, 0.2) is 0 Å². The molecule has 1 heterocycles. The lowest BCUT2D eigenvalue weighted by Gasteiger charge is -2.05. The highest BCUT2D eigenvalue weighted by molar-refractivity contribution is 4.54. The maximum Gasteiger partial charge on any atom is -0.00489 e. The minimum absolute atomic E-state index is 1.25. The Bertz CT molecular complexity index is 135. The van der Waals surface area contributed by atoms with Crippen molar-refractivity contribution in [3.8, 4) is 0 Å². The first-order chi connectivity index (χ1) is 13.5. The van der Waals surface area contributed by atoms with E-state index in [2.05, 4.69) is 5.32 Å². The van der Waals surface area contributed by atoms with Gasteiger partial charge >= 0.3 is 0 Å². The number of rotatable bonds is 0. The van der Waals surface area contributed by atoms with Crippen LogP contribution in [0, 0.1) is 0 Å². The first kappa shape index (κ1) is 25.0. The van der Waals surface area contributed by atoms with Gasteiger partial charge in [-0.2, -0.15) is 0 Å². The van der Waals surface area contributed by atoms with E-state index in [-0.39, 0.29) is 0 Å². The average Bonchev–Trinajstić information content (AvgIpc) is 2.68.